The molecule has 2 saturated carbocycles. The molecule has 27 heavy (non-hydrogen) atoms. The van der Waals surface area contributed by atoms with Crippen molar-refractivity contribution in [3.05, 3.63) is 29.6 Å². The van der Waals surface area contributed by atoms with Gasteiger partial charge in [0.1, 0.15) is 0 Å². The van der Waals surface area contributed by atoms with E-state index >= 15 is 0 Å². The van der Waals surface area contributed by atoms with E-state index in [1.807, 2.05) is 0 Å². The molecular weight excluding hydrogens is 421 g/mol. The average Bonchev–Trinajstić information content (AvgIpc) is 2.63. The predicted molar refractivity (Wildman–Crippen MR) is 102 cm³/mol. The van der Waals surface area contributed by atoms with Gasteiger partial charge in [-0.2, -0.15) is 0 Å². The van der Waals surface area contributed by atoms with Gasteiger partial charge in [-0.3, -0.25) is 9.98 Å². The Balaban J connectivity index is 0.00000225. The zero-order chi connectivity index (χ0) is 16.8. The maximum atomic E-state index is 4.94. The van der Waals surface area contributed by atoms with Crippen LogP contribution in [0.3, 0.4) is 0 Å². The number of halogens is 2. The molecule has 0 atom stereocenters. The fraction of sp³-hybridized carbons (Fsp3) is 0.667. The number of rotatable bonds is 4. The number of hydrogen-bond donors (Lipinski definition) is 0. The van der Waals surface area contributed by atoms with E-state index < -0.39 is 0 Å². The molecule has 2 aliphatic rings. The number of aliphatic imine (C=N–C) groups is 2. The molecule has 1 heterocycles. The van der Waals surface area contributed by atoms with Crippen LogP contribution >= 0.6 is 0 Å². The van der Waals surface area contributed by atoms with Gasteiger partial charge in [0.15, 0.2) is 0 Å². The molecule has 0 aromatic carbocycles. The minimum atomic E-state index is 0. The van der Waals surface area contributed by atoms with E-state index in [1.54, 1.807) is 0 Å². The van der Waals surface area contributed by atoms with Crippen molar-refractivity contribution in [1.29, 1.82) is 0 Å². The SMILES string of the molecule is CC(=NC1CCCCC1)c1cccc(C(C)=NC2CCCCC2)n1.[Cl-].[Cl-].[Fe+2]. The summed E-state index contributed by atoms with van der Waals surface area (Å²) in [6.07, 6.45) is 13.0. The fourth-order valence-corrected chi connectivity index (χ4v) is 3.94. The molecule has 0 saturated heterocycles. The summed E-state index contributed by atoms with van der Waals surface area (Å²) in [5.74, 6) is 0. The molecule has 3 nitrogen and oxygen atoms in total. The smallest absolute Gasteiger partial charge is 1.00 e. The third kappa shape index (κ3) is 8.23. The largest absolute Gasteiger partial charge is 2.00 e. The number of aromatic nitrogens is 1. The van der Waals surface area contributed by atoms with Crippen LogP contribution in [0.5, 0.6) is 0 Å². The van der Waals surface area contributed by atoms with Gasteiger partial charge >= 0.3 is 17.1 Å². The molecule has 1 aromatic rings. The van der Waals surface area contributed by atoms with Crippen LogP contribution in [0.25, 0.3) is 0 Å². The van der Waals surface area contributed by atoms with Crippen LogP contribution in [0.4, 0.5) is 0 Å². The summed E-state index contributed by atoms with van der Waals surface area (Å²) in [4.78, 5) is 14.7. The van der Waals surface area contributed by atoms with Crippen LogP contribution in [0, 0.1) is 0 Å². The number of nitrogens with zero attached hydrogens (tertiary/aromatic N) is 3. The van der Waals surface area contributed by atoms with Crippen molar-refractivity contribution < 1.29 is 41.9 Å². The van der Waals surface area contributed by atoms with Crippen LogP contribution in [-0.4, -0.2) is 28.5 Å². The summed E-state index contributed by atoms with van der Waals surface area (Å²) in [7, 11) is 0. The second-order valence-corrected chi connectivity index (χ2v) is 7.42. The zero-order valence-electron chi connectivity index (χ0n) is 16.4. The first-order chi connectivity index (χ1) is 11.7. The predicted octanol–water partition coefficient (Wildman–Crippen LogP) is -0.629. The van der Waals surface area contributed by atoms with Crippen molar-refractivity contribution >= 4 is 11.4 Å². The van der Waals surface area contributed by atoms with E-state index in [0.717, 1.165) is 22.8 Å². The molecule has 0 bridgehead atoms. The van der Waals surface area contributed by atoms with E-state index in [4.69, 9.17) is 15.0 Å². The molecule has 0 unspecified atom stereocenters. The average molecular weight is 452 g/mol. The van der Waals surface area contributed by atoms with Gasteiger partial charge < -0.3 is 24.8 Å². The van der Waals surface area contributed by atoms with Gasteiger partial charge in [-0.15, -0.1) is 0 Å². The summed E-state index contributed by atoms with van der Waals surface area (Å²) < 4.78 is 0. The molecule has 0 N–H and O–H groups in total. The van der Waals surface area contributed by atoms with Crippen molar-refractivity contribution in [1.82, 2.24) is 4.98 Å². The molecule has 2 fully saturated rings. The molecule has 1 aromatic heterocycles. The Morgan fingerprint density at radius 3 is 1.48 bits per heavy atom. The summed E-state index contributed by atoms with van der Waals surface area (Å²) in [5, 5.41) is 0. The number of hydrogen-bond acceptors (Lipinski definition) is 3. The summed E-state index contributed by atoms with van der Waals surface area (Å²) >= 11 is 0. The third-order valence-corrected chi connectivity index (χ3v) is 5.39. The van der Waals surface area contributed by atoms with Gasteiger partial charge in [0, 0.05) is 0 Å². The van der Waals surface area contributed by atoms with E-state index in [-0.39, 0.29) is 41.9 Å². The van der Waals surface area contributed by atoms with E-state index in [1.165, 1.54) is 64.2 Å². The quantitative estimate of drug-likeness (QED) is 0.443. The van der Waals surface area contributed by atoms with Crippen molar-refractivity contribution in [3.8, 4) is 0 Å². The molecule has 6 heteroatoms. The van der Waals surface area contributed by atoms with Crippen LogP contribution in [0.2, 0.25) is 0 Å². The third-order valence-electron chi connectivity index (χ3n) is 5.39. The van der Waals surface area contributed by atoms with Gasteiger partial charge in [-0.05, 0) is 51.7 Å². The van der Waals surface area contributed by atoms with Gasteiger partial charge in [-0.1, -0.05) is 44.6 Å². The van der Waals surface area contributed by atoms with Crippen LogP contribution in [0.15, 0.2) is 28.2 Å². The Bertz CT molecular complexity index is 558. The van der Waals surface area contributed by atoms with Crippen LogP contribution < -0.4 is 24.8 Å². The molecular formula is C21H31Cl2FeN3. The summed E-state index contributed by atoms with van der Waals surface area (Å²) in [5.41, 5.74) is 4.18. The van der Waals surface area contributed by atoms with Crippen molar-refractivity contribution in [2.45, 2.75) is 90.1 Å². The minimum absolute atomic E-state index is 0. The van der Waals surface area contributed by atoms with E-state index in [9.17, 15) is 0 Å². The van der Waals surface area contributed by atoms with Crippen molar-refractivity contribution in [3.63, 3.8) is 0 Å². The fourth-order valence-electron chi connectivity index (χ4n) is 3.94. The Morgan fingerprint density at radius 2 is 1.11 bits per heavy atom. The maximum absolute atomic E-state index is 4.94. The Morgan fingerprint density at radius 1 is 0.741 bits per heavy atom. The molecule has 0 spiro atoms. The second kappa shape index (κ2) is 13.7. The van der Waals surface area contributed by atoms with Gasteiger partial charge in [0.25, 0.3) is 0 Å². The summed E-state index contributed by atoms with van der Waals surface area (Å²) in [6, 6.07) is 7.26. The Labute approximate surface area is 187 Å². The van der Waals surface area contributed by atoms with Crippen molar-refractivity contribution in [2.75, 3.05) is 0 Å². The molecule has 2 aliphatic carbocycles. The molecule has 3 rings (SSSR count). The monoisotopic (exact) mass is 451 g/mol. The van der Waals surface area contributed by atoms with Gasteiger partial charge in [0.2, 0.25) is 0 Å². The molecule has 0 amide bonds. The Kier molecular flexibility index (Phi) is 13.5. The van der Waals surface area contributed by atoms with Gasteiger partial charge in [-0.25, -0.2) is 4.98 Å². The Hall–Kier alpha value is -0.411. The van der Waals surface area contributed by atoms with Gasteiger partial charge in [0.05, 0.1) is 34.9 Å². The maximum Gasteiger partial charge on any atom is 2.00 e. The van der Waals surface area contributed by atoms with E-state index in [2.05, 4.69) is 32.0 Å². The minimum Gasteiger partial charge on any atom is -1.00 e. The van der Waals surface area contributed by atoms with Crippen LogP contribution in [-0.2, 0) is 17.1 Å². The van der Waals surface area contributed by atoms with Crippen molar-refractivity contribution in [2.24, 2.45) is 9.98 Å². The first-order valence-electron chi connectivity index (χ1n) is 9.79. The first kappa shape index (κ1) is 26.6. The molecule has 152 valence electrons. The second-order valence-electron chi connectivity index (χ2n) is 7.42. The number of pyridine rings is 1. The molecule has 0 radical (unpaired) electrons. The first-order valence-corrected chi connectivity index (χ1v) is 9.79. The van der Waals surface area contributed by atoms with Crippen LogP contribution in [0.1, 0.15) is 89.4 Å². The zero-order valence-corrected chi connectivity index (χ0v) is 19.0. The topological polar surface area (TPSA) is 37.6 Å². The standard InChI is InChI=1S/C21H31N3.2ClH.Fe/c1-16(22-18-10-5-3-6-11-18)20-14-9-15-21(24-20)17(2)23-19-12-7-4-8-13-19;;;/h9,14-15,18-19H,3-8,10-13H2,1-2H3;2*1H;/q;;;+2/p-2. The normalized spacial score (nSPS) is 19.5. The van der Waals surface area contributed by atoms with E-state index in [0.29, 0.717) is 12.1 Å². The molecule has 0 aliphatic heterocycles. The summed E-state index contributed by atoms with van der Waals surface area (Å²) in [6.45, 7) is 4.21.